The summed E-state index contributed by atoms with van der Waals surface area (Å²) in [6.07, 6.45) is 0. The Morgan fingerprint density at radius 2 is 0.903 bits per heavy atom. The summed E-state index contributed by atoms with van der Waals surface area (Å²) >= 11 is 0. The number of aromatic nitrogens is 1. The Hall–Kier alpha value is -7.99. The molecule has 5 heteroatoms. The molecular weight excluding hydrogens is 773 g/mol. The number of oxazole rings is 1. The topological polar surface area (TPSA) is 42.4 Å². The SMILES string of the molecule is c1ccc(-c2nc3c(ccc4ccc5ccc(N(c6cccc([Si](c7ccccc7)(c7ccccc7)c7ccccc7)c6)c6ccc7c(c6)oc6ccccc67)cc5c43)o2)cc1. The van der Waals surface area contributed by atoms with Crippen LogP contribution < -0.4 is 25.6 Å². The maximum Gasteiger partial charge on any atom is 0.227 e. The zero-order valence-corrected chi connectivity index (χ0v) is 34.7. The van der Waals surface area contributed by atoms with Crippen LogP contribution >= 0.6 is 0 Å². The van der Waals surface area contributed by atoms with Crippen molar-refractivity contribution in [3.05, 3.63) is 231 Å². The van der Waals surface area contributed by atoms with Crippen molar-refractivity contribution in [3.8, 4) is 11.5 Å². The van der Waals surface area contributed by atoms with Gasteiger partial charge in [0, 0.05) is 44.9 Å². The summed E-state index contributed by atoms with van der Waals surface area (Å²) in [7, 11) is -2.85. The number of para-hydroxylation sites is 1. The molecule has 12 rings (SSSR count). The lowest BCUT2D eigenvalue weighted by Crippen LogP contribution is -2.74. The van der Waals surface area contributed by atoms with Gasteiger partial charge in [0.25, 0.3) is 0 Å². The van der Waals surface area contributed by atoms with E-state index in [0.29, 0.717) is 5.89 Å². The third-order valence-electron chi connectivity index (χ3n) is 12.4. The molecule has 10 aromatic carbocycles. The molecule has 4 nitrogen and oxygen atoms in total. The lowest BCUT2D eigenvalue weighted by molar-refractivity contribution is 0.620. The number of anilines is 3. The largest absolute Gasteiger partial charge is 0.456 e. The zero-order valence-electron chi connectivity index (χ0n) is 33.7. The van der Waals surface area contributed by atoms with E-state index in [0.717, 1.165) is 77.2 Å². The second kappa shape index (κ2) is 14.6. The fourth-order valence-corrected chi connectivity index (χ4v) is 14.4. The molecule has 0 unspecified atom stereocenters. The number of nitrogens with zero attached hydrogens (tertiary/aromatic N) is 2. The maximum absolute atomic E-state index is 6.54. The van der Waals surface area contributed by atoms with Crippen molar-refractivity contribution < 1.29 is 8.83 Å². The fraction of sp³-hybridized carbons (Fsp3) is 0. The summed E-state index contributed by atoms with van der Waals surface area (Å²) in [6, 6.07) is 82.9. The molecule has 0 N–H and O–H groups in total. The number of benzene rings is 10. The quantitative estimate of drug-likeness (QED) is 0.0871. The Kier molecular flexibility index (Phi) is 8.47. The Morgan fingerprint density at radius 1 is 0.355 bits per heavy atom. The van der Waals surface area contributed by atoms with E-state index in [9.17, 15) is 0 Å². The highest BCUT2D eigenvalue weighted by Gasteiger charge is 2.41. The molecule has 62 heavy (non-hydrogen) atoms. The van der Waals surface area contributed by atoms with Gasteiger partial charge in [0.15, 0.2) is 13.7 Å². The summed E-state index contributed by atoms with van der Waals surface area (Å²) in [5.74, 6) is 0.613. The van der Waals surface area contributed by atoms with Crippen molar-refractivity contribution in [1.29, 1.82) is 0 Å². The summed E-state index contributed by atoms with van der Waals surface area (Å²) in [6.45, 7) is 0. The second-order valence-electron chi connectivity index (χ2n) is 15.9. The van der Waals surface area contributed by atoms with Crippen molar-refractivity contribution in [2.75, 3.05) is 4.90 Å². The lowest BCUT2D eigenvalue weighted by atomic mass is 9.99. The molecule has 0 spiro atoms. The first-order valence-electron chi connectivity index (χ1n) is 21.0. The van der Waals surface area contributed by atoms with E-state index in [1.54, 1.807) is 0 Å². The maximum atomic E-state index is 6.54. The first kappa shape index (κ1) is 35.9. The highest BCUT2D eigenvalue weighted by atomic mass is 28.3. The number of furan rings is 1. The zero-order chi connectivity index (χ0) is 41.0. The minimum absolute atomic E-state index is 0.613. The molecule has 2 heterocycles. The van der Waals surface area contributed by atoms with E-state index in [-0.39, 0.29) is 0 Å². The third-order valence-corrected chi connectivity index (χ3v) is 17.2. The van der Waals surface area contributed by atoms with Gasteiger partial charge in [0.05, 0.1) is 0 Å². The average molecular weight is 811 g/mol. The molecule has 0 aliphatic heterocycles. The van der Waals surface area contributed by atoms with Crippen molar-refractivity contribution in [3.63, 3.8) is 0 Å². The van der Waals surface area contributed by atoms with Crippen LogP contribution in [0, 0.1) is 0 Å². The summed E-state index contributed by atoms with van der Waals surface area (Å²) in [5.41, 5.74) is 7.35. The van der Waals surface area contributed by atoms with Crippen LogP contribution in [0.5, 0.6) is 0 Å². The Labute approximate surface area is 359 Å². The van der Waals surface area contributed by atoms with Gasteiger partial charge in [0.2, 0.25) is 5.89 Å². The minimum Gasteiger partial charge on any atom is -0.456 e. The Bertz CT molecular complexity index is 3490. The van der Waals surface area contributed by atoms with Crippen molar-refractivity contribution in [2.45, 2.75) is 0 Å². The Morgan fingerprint density at radius 3 is 1.63 bits per heavy atom. The normalized spacial score (nSPS) is 11.9. The molecule has 0 amide bonds. The van der Waals surface area contributed by atoms with Crippen LogP contribution in [0.3, 0.4) is 0 Å². The first-order chi connectivity index (χ1) is 30.7. The Balaban J connectivity index is 1.12. The molecule has 0 bridgehead atoms. The van der Waals surface area contributed by atoms with Crippen LogP contribution in [0.15, 0.2) is 239 Å². The molecule has 0 atom stereocenters. The number of fused-ring (bicyclic) bond motifs is 8. The van der Waals surface area contributed by atoms with Gasteiger partial charge in [-0.25, -0.2) is 4.98 Å². The van der Waals surface area contributed by atoms with Gasteiger partial charge in [0.1, 0.15) is 16.7 Å². The van der Waals surface area contributed by atoms with E-state index in [4.69, 9.17) is 13.8 Å². The first-order valence-corrected chi connectivity index (χ1v) is 23.0. The summed E-state index contributed by atoms with van der Waals surface area (Å²) in [5, 5.41) is 11.9. The van der Waals surface area contributed by atoms with Gasteiger partial charge in [-0.1, -0.05) is 164 Å². The van der Waals surface area contributed by atoms with E-state index in [2.05, 4.69) is 187 Å². The van der Waals surface area contributed by atoms with Gasteiger partial charge < -0.3 is 13.7 Å². The third kappa shape index (κ3) is 5.78. The van der Waals surface area contributed by atoms with Gasteiger partial charge >= 0.3 is 0 Å². The monoisotopic (exact) mass is 810 g/mol. The molecule has 12 aromatic rings. The van der Waals surface area contributed by atoms with Crippen LogP contribution in [-0.2, 0) is 0 Å². The standard InChI is InChI=1S/C57H38N2O2Si/c1-5-16-41(17-6-1)57-58-56-53(61-57)35-31-40-29-28-39-30-32-43(37-51(39)55(40)56)59(44-33-34-50-49-26-13-14-27-52(49)60-54(50)38-44)42-18-15-25-48(36-42)62(45-19-7-2-8-20-45,46-21-9-3-10-22-46)47-23-11-4-12-24-47/h1-38H. The smallest absolute Gasteiger partial charge is 0.227 e. The van der Waals surface area contributed by atoms with Crippen molar-refractivity contribution >= 4 is 100 Å². The summed E-state index contributed by atoms with van der Waals surface area (Å²) in [4.78, 5) is 7.53. The van der Waals surface area contributed by atoms with Gasteiger partial charge in [-0.15, -0.1) is 0 Å². The molecule has 0 saturated carbocycles. The van der Waals surface area contributed by atoms with Crippen LogP contribution in [0.4, 0.5) is 17.1 Å². The number of hydrogen-bond donors (Lipinski definition) is 0. The van der Waals surface area contributed by atoms with Gasteiger partial charge in [-0.05, 0) is 97.6 Å². The lowest BCUT2D eigenvalue weighted by Gasteiger charge is -2.35. The van der Waals surface area contributed by atoms with Crippen LogP contribution in [-0.4, -0.2) is 13.1 Å². The van der Waals surface area contributed by atoms with Crippen LogP contribution in [0.25, 0.3) is 66.0 Å². The number of hydrogen-bond acceptors (Lipinski definition) is 4. The molecule has 0 saturated heterocycles. The predicted molar refractivity (Wildman–Crippen MR) is 260 cm³/mol. The minimum atomic E-state index is -2.85. The predicted octanol–water partition coefficient (Wildman–Crippen LogP) is 12.5. The molecule has 0 aliphatic carbocycles. The van der Waals surface area contributed by atoms with E-state index in [1.807, 2.05) is 48.5 Å². The molecular formula is C57H38N2O2Si. The molecule has 0 aliphatic rings. The highest BCUT2D eigenvalue weighted by molar-refractivity contribution is 7.19. The van der Waals surface area contributed by atoms with Gasteiger partial charge in [-0.3, -0.25) is 0 Å². The van der Waals surface area contributed by atoms with Crippen LogP contribution in [0.2, 0.25) is 0 Å². The van der Waals surface area contributed by atoms with E-state index >= 15 is 0 Å². The van der Waals surface area contributed by atoms with Crippen molar-refractivity contribution in [1.82, 2.24) is 4.98 Å². The fourth-order valence-electron chi connectivity index (χ4n) is 9.60. The molecule has 292 valence electrons. The van der Waals surface area contributed by atoms with Gasteiger partial charge in [-0.2, -0.15) is 0 Å². The number of rotatable bonds is 8. The highest BCUT2D eigenvalue weighted by Crippen LogP contribution is 2.41. The van der Waals surface area contributed by atoms with Crippen LogP contribution in [0.1, 0.15) is 0 Å². The molecule has 0 radical (unpaired) electrons. The summed E-state index contributed by atoms with van der Waals surface area (Å²) < 4.78 is 13.0. The van der Waals surface area contributed by atoms with E-state index in [1.165, 1.54) is 20.7 Å². The van der Waals surface area contributed by atoms with Crippen molar-refractivity contribution in [2.24, 2.45) is 0 Å². The molecule has 2 aromatic heterocycles. The van der Waals surface area contributed by atoms with E-state index < -0.39 is 8.07 Å². The second-order valence-corrected chi connectivity index (χ2v) is 19.7. The molecule has 0 fully saturated rings. The average Bonchev–Trinajstić information content (AvgIpc) is 3.95.